The van der Waals surface area contributed by atoms with Crippen molar-refractivity contribution in [1.82, 2.24) is 20.2 Å². The highest BCUT2D eigenvalue weighted by atomic mass is 16.3. The highest BCUT2D eigenvalue weighted by Crippen LogP contribution is 2.31. The SMILES string of the molecule is NCCC1CCCN(c2nc(Nc3ccc4cn[nH]c4c3)nc3ccoc23)C1. The van der Waals surface area contributed by atoms with Crippen molar-refractivity contribution in [2.45, 2.75) is 19.3 Å². The van der Waals surface area contributed by atoms with Crippen LogP contribution in [0.1, 0.15) is 19.3 Å². The van der Waals surface area contributed by atoms with Crippen LogP contribution in [-0.4, -0.2) is 39.8 Å². The fourth-order valence-corrected chi connectivity index (χ4v) is 3.99. The fourth-order valence-electron chi connectivity index (χ4n) is 3.99. The van der Waals surface area contributed by atoms with E-state index in [1.807, 2.05) is 24.3 Å². The molecule has 144 valence electrons. The molecule has 8 nitrogen and oxygen atoms in total. The smallest absolute Gasteiger partial charge is 0.229 e. The lowest BCUT2D eigenvalue weighted by Gasteiger charge is -2.33. The Balaban J connectivity index is 1.48. The molecule has 4 heterocycles. The number of H-pyrrole nitrogens is 1. The third kappa shape index (κ3) is 3.16. The molecule has 1 aromatic carbocycles. The normalized spacial score (nSPS) is 17.5. The van der Waals surface area contributed by atoms with Crippen LogP contribution >= 0.6 is 0 Å². The van der Waals surface area contributed by atoms with Gasteiger partial charge in [0.1, 0.15) is 5.52 Å². The van der Waals surface area contributed by atoms with Gasteiger partial charge in [0.2, 0.25) is 5.95 Å². The first-order valence-electron chi connectivity index (χ1n) is 9.70. The van der Waals surface area contributed by atoms with Crippen molar-refractivity contribution in [2.24, 2.45) is 11.7 Å². The van der Waals surface area contributed by atoms with Crippen LogP contribution in [0.25, 0.3) is 22.0 Å². The van der Waals surface area contributed by atoms with Crippen molar-refractivity contribution in [2.75, 3.05) is 29.9 Å². The number of piperidine rings is 1. The number of nitrogens with two attached hydrogens (primary N) is 1. The molecule has 4 aromatic rings. The van der Waals surface area contributed by atoms with E-state index in [0.29, 0.717) is 11.9 Å². The Morgan fingerprint density at radius 1 is 1.29 bits per heavy atom. The molecule has 28 heavy (non-hydrogen) atoms. The van der Waals surface area contributed by atoms with Gasteiger partial charge in [-0.3, -0.25) is 5.10 Å². The number of hydrogen-bond donors (Lipinski definition) is 3. The Morgan fingerprint density at radius 2 is 2.25 bits per heavy atom. The molecule has 1 aliphatic rings. The first-order chi connectivity index (χ1) is 13.8. The van der Waals surface area contributed by atoms with Gasteiger partial charge >= 0.3 is 0 Å². The summed E-state index contributed by atoms with van der Waals surface area (Å²) in [4.78, 5) is 11.7. The van der Waals surface area contributed by atoms with Crippen molar-refractivity contribution in [3.8, 4) is 0 Å². The summed E-state index contributed by atoms with van der Waals surface area (Å²) in [5, 5.41) is 11.4. The lowest BCUT2D eigenvalue weighted by molar-refractivity contribution is 0.394. The molecule has 1 saturated heterocycles. The second-order valence-corrected chi connectivity index (χ2v) is 7.33. The Labute approximate surface area is 162 Å². The zero-order chi connectivity index (χ0) is 18.9. The molecule has 4 N–H and O–H groups in total. The summed E-state index contributed by atoms with van der Waals surface area (Å²) in [5.74, 6) is 2.00. The van der Waals surface area contributed by atoms with Crippen molar-refractivity contribution in [3.63, 3.8) is 0 Å². The van der Waals surface area contributed by atoms with E-state index < -0.39 is 0 Å². The number of furan rings is 1. The molecule has 0 amide bonds. The Morgan fingerprint density at radius 3 is 3.18 bits per heavy atom. The molecule has 8 heteroatoms. The van der Waals surface area contributed by atoms with Crippen LogP contribution in [0, 0.1) is 5.92 Å². The van der Waals surface area contributed by atoms with Gasteiger partial charge in [-0.15, -0.1) is 0 Å². The minimum atomic E-state index is 0.559. The van der Waals surface area contributed by atoms with Gasteiger partial charge in [-0.05, 0) is 49.9 Å². The van der Waals surface area contributed by atoms with Crippen LogP contribution in [0.2, 0.25) is 0 Å². The number of fused-ring (bicyclic) bond motifs is 2. The van der Waals surface area contributed by atoms with E-state index in [4.69, 9.17) is 15.1 Å². The number of nitrogens with zero attached hydrogens (tertiary/aromatic N) is 4. The zero-order valence-corrected chi connectivity index (χ0v) is 15.6. The summed E-state index contributed by atoms with van der Waals surface area (Å²) in [6.07, 6.45) is 6.87. The molecule has 0 spiro atoms. The first-order valence-corrected chi connectivity index (χ1v) is 9.70. The van der Waals surface area contributed by atoms with Gasteiger partial charge in [-0.1, -0.05) is 0 Å². The number of aromatic nitrogens is 4. The van der Waals surface area contributed by atoms with E-state index in [0.717, 1.165) is 66.0 Å². The Bertz CT molecular complexity index is 1100. The largest absolute Gasteiger partial charge is 0.459 e. The number of aromatic amines is 1. The average Bonchev–Trinajstić information content (AvgIpc) is 3.36. The highest BCUT2D eigenvalue weighted by Gasteiger charge is 2.24. The third-order valence-electron chi connectivity index (χ3n) is 5.38. The number of hydrogen-bond acceptors (Lipinski definition) is 7. The number of benzene rings is 1. The molecular formula is C20H23N7O. The second-order valence-electron chi connectivity index (χ2n) is 7.33. The van der Waals surface area contributed by atoms with Crippen LogP contribution in [-0.2, 0) is 0 Å². The maximum absolute atomic E-state index is 5.78. The minimum Gasteiger partial charge on any atom is -0.459 e. The van der Waals surface area contributed by atoms with E-state index in [9.17, 15) is 0 Å². The Kier molecular flexibility index (Phi) is 4.32. The molecule has 1 atom stereocenters. The average molecular weight is 377 g/mol. The summed E-state index contributed by atoms with van der Waals surface area (Å²) in [5.41, 5.74) is 9.20. The Hall–Kier alpha value is -3.13. The van der Waals surface area contributed by atoms with Gasteiger partial charge in [-0.2, -0.15) is 10.1 Å². The molecule has 1 fully saturated rings. The van der Waals surface area contributed by atoms with Crippen molar-refractivity contribution in [1.29, 1.82) is 0 Å². The predicted octanol–water partition coefficient (Wildman–Crippen LogP) is 3.41. The van der Waals surface area contributed by atoms with Crippen LogP contribution in [0.5, 0.6) is 0 Å². The molecule has 0 aliphatic carbocycles. The highest BCUT2D eigenvalue weighted by molar-refractivity contribution is 5.86. The molecule has 0 radical (unpaired) electrons. The summed E-state index contributed by atoms with van der Waals surface area (Å²) in [7, 11) is 0. The van der Waals surface area contributed by atoms with Crippen LogP contribution in [0.15, 0.2) is 41.1 Å². The lowest BCUT2D eigenvalue weighted by atomic mass is 9.95. The first kappa shape index (κ1) is 17.0. The molecule has 1 unspecified atom stereocenters. The van der Waals surface area contributed by atoms with E-state index in [1.165, 1.54) is 6.42 Å². The predicted molar refractivity (Wildman–Crippen MR) is 110 cm³/mol. The third-order valence-corrected chi connectivity index (χ3v) is 5.38. The van der Waals surface area contributed by atoms with E-state index in [1.54, 1.807) is 12.5 Å². The van der Waals surface area contributed by atoms with Crippen molar-refractivity contribution >= 4 is 39.5 Å². The molecule has 0 saturated carbocycles. The van der Waals surface area contributed by atoms with Gasteiger partial charge in [-0.25, -0.2) is 4.98 Å². The van der Waals surface area contributed by atoms with Gasteiger partial charge < -0.3 is 20.4 Å². The van der Waals surface area contributed by atoms with Crippen molar-refractivity contribution in [3.05, 3.63) is 36.7 Å². The zero-order valence-electron chi connectivity index (χ0n) is 15.6. The summed E-state index contributed by atoms with van der Waals surface area (Å²) in [6, 6.07) is 7.90. The number of anilines is 3. The summed E-state index contributed by atoms with van der Waals surface area (Å²) in [6.45, 7) is 2.64. The van der Waals surface area contributed by atoms with E-state index in [2.05, 4.69) is 25.4 Å². The molecule has 1 aliphatic heterocycles. The minimum absolute atomic E-state index is 0.559. The standard InChI is InChI=1S/C20H23N7O/c21-7-5-13-2-1-8-27(12-13)19-18-16(6-9-28-18)24-20(25-19)23-15-4-3-14-11-22-26-17(14)10-15/h3-4,6,9-11,13H,1-2,5,7-8,12,21H2,(H,22,26)(H,23,24,25). The quantitative estimate of drug-likeness (QED) is 0.489. The van der Waals surface area contributed by atoms with Crippen LogP contribution in [0.3, 0.4) is 0 Å². The molecular weight excluding hydrogens is 354 g/mol. The van der Waals surface area contributed by atoms with Crippen LogP contribution < -0.4 is 16.0 Å². The summed E-state index contributed by atoms with van der Waals surface area (Å²) < 4.78 is 5.72. The molecule has 0 bridgehead atoms. The maximum atomic E-state index is 5.78. The van der Waals surface area contributed by atoms with E-state index in [-0.39, 0.29) is 0 Å². The van der Waals surface area contributed by atoms with Gasteiger partial charge in [0.05, 0.1) is 18.0 Å². The fraction of sp³-hybridized carbons (Fsp3) is 0.350. The monoisotopic (exact) mass is 377 g/mol. The summed E-state index contributed by atoms with van der Waals surface area (Å²) >= 11 is 0. The van der Waals surface area contributed by atoms with Gasteiger partial charge in [0.25, 0.3) is 0 Å². The molecule has 5 rings (SSSR count). The maximum Gasteiger partial charge on any atom is 0.229 e. The van der Waals surface area contributed by atoms with Crippen molar-refractivity contribution < 1.29 is 4.42 Å². The van der Waals surface area contributed by atoms with Gasteiger partial charge in [0, 0.05) is 30.2 Å². The van der Waals surface area contributed by atoms with Crippen LogP contribution in [0.4, 0.5) is 17.5 Å². The topological polar surface area (TPSA) is 109 Å². The number of nitrogens with one attached hydrogen (secondary N) is 2. The lowest BCUT2D eigenvalue weighted by Crippen LogP contribution is -2.37. The van der Waals surface area contributed by atoms with Gasteiger partial charge in [0.15, 0.2) is 11.4 Å². The van der Waals surface area contributed by atoms with E-state index >= 15 is 0 Å². The number of rotatable bonds is 5. The molecule has 3 aromatic heterocycles. The second kappa shape index (κ2) is 7.12.